The van der Waals surface area contributed by atoms with Crippen molar-refractivity contribution in [3.05, 3.63) is 0 Å². The first-order valence-corrected chi connectivity index (χ1v) is 5.67. The molecule has 1 unspecified atom stereocenters. The number of hydrogen-bond donors (Lipinski definition) is 1. The molecular weight excluding hydrogens is 224 g/mol. The fourth-order valence-electron chi connectivity index (χ4n) is 2.68. The summed E-state index contributed by atoms with van der Waals surface area (Å²) in [5.74, 6) is -2.30. The lowest BCUT2D eigenvalue weighted by molar-refractivity contribution is -0.178. The van der Waals surface area contributed by atoms with E-state index in [-0.39, 0.29) is 6.04 Å². The van der Waals surface area contributed by atoms with Crippen LogP contribution in [0.3, 0.4) is 0 Å². The summed E-state index contributed by atoms with van der Waals surface area (Å²) in [4.78, 5) is 35.2. The Morgan fingerprint density at radius 2 is 2.18 bits per heavy atom. The van der Waals surface area contributed by atoms with Gasteiger partial charge in [0.25, 0.3) is 0 Å². The molecule has 1 heterocycles. The van der Waals surface area contributed by atoms with Gasteiger partial charge in [-0.25, -0.2) is 9.80 Å². The van der Waals surface area contributed by atoms with Crippen molar-refractivity contribution in [3.63, 3.8) is 0 Å². The number of nitrogens with one attached hydrogen (secondary N) is 1. The number of Topliss-reactive ketones (excluding diaryl/α,β-unsaturated/α-hetero) is 2. The number of ketones is 2. The van der Waals surface area contributed by atoms with E-state index in [0.717, 1.165) is 0 Å². The fraction of sp³-hybridized carbons (Fsp3) is 0.727. The van der Waals surface area contributed by atoms with Gasteiger partial charge in [-0.1, -0.05) is 0 Å². The van der Waals surface area contributed by atoms with Crippen LogP contribution in [0.5, 0.6) is 0 Å². The van der Waals surface area contributed by atoms with E-state index in [1.807, 2.05) is 13.8 Å². The minimum absolute atomic E-state index is 0.0822. The van der Waals surface area contributed by atoms with Crippen LogP contribution >= 0.6 is 0 Å². The number of esters is 1. The highest BCUT2D eigenvalue weighted by molar-refractivity contribution is 6.54. The number of hydrazine groups is 1. The van der Waals surface area contributed by atoms with Gasteiger partial charge in [0.15, 0.2) is 0 Å². The second kappa shape index (κ2) is 3.89. The van der Waals surface area contributed by atoms with Crippen LogP contribution in [0.25, 0.3) is 0 Å². The fourth-order valence-corrected chi connectivity index (χ4v) is 2.68. The first kappa shape index (κ1) is 12.2. The number of ether oxygens (including phenoxy) is 1. The van der Waals surface area contributed by atoms with Crippen LogP contribution < -0.4 is 5.43 Å². The molecule has 1 aliphatic carbocycles. The van der Waals surface area contributed by atoms with E-state index >= 15 is 0 Å². The lowest BCUT2D eigenvalue weighted by Crippen LogP contribution is -2.75. The molecule has 1 saturated carbocycles. The Bertz CT molecular complexity index is 393. The molecule has 0 aromatic heterocycles. The largest absolute Gasteiger partial charge is 0.467 e. The number of nitrogens with zero attached hydrogens (tertiary/aromatic N) is 1. The van der Waals surface area contributed by atoms with Crippen molar-refractivity contribution in [2.24, 2.45) is 5.92 Å². The molecule has 2 atom stereocenters. The standard InChI is InChI=1S/C11H16N2O4/c1-6(2)12-13-5-4-7-8(14)9(15)11(7,13)10(16)17-3/h6-7,12H,4-5H2,1-3H3/t7?,11-/m0/s1. The average molecular weight is 240 g/mol. The molecule has 17 heavy (non-hydrogen) atoms. The van der Waals surface area contributed by atoms with E-state index in [2.05, 4.69) is 5.43 Å². The predicted molar refractivity (Wildman–Crippen MR) is 57.8 cm³/mol. The Kier molecular flexibility index (Phi) is 2.79. The third kappa shape index (κ3) is 1.37. The smallest absolute Gasteiger partial charge is 0.336 e. The molecule has 2 fully saturated rings. The molecular formula is C11H16N2O4. The van der Waals surface area contributed by atoms with Crippen molar-refractivity contribution < 1.29 is 19.1 Å². The van der Waals surface area contributed by atoms with E-state index in [0.29, 0.717) is 13.0 Å². The highest BCUT2D eigenvalue weighted by Gasteiger charge is 2.73. The van der Waals surface area contributed by atoms with Crippen molar-refractivity contribution in [1.82, 2.24) is 10.4 Å². The second-order valence-electron chi connectivity index (χ2n) is 4.73. The van der Waals surface area contributed by atoms with E-state index in [9.17, 15) is 14.4 Å². The van der Waals surface area contributed by atoms with Gasteiger partial charge in [-0.05, 0) is 20.3 Å². The Balaban J connectivity index is 2.34. The van der Waals surface area contributed by atoms with Crippen LogP contribution in [-0.4, -0.2) is 47.8 Å². The second-order valence-corrected chi connectivity index (χ2v) is 4.73. The number of carbonyl (C=O) groups is 3. The van der Waals surface area contributed by atoms with Crippen molar-refractivity contribution >= 4 is 17.5 Å². The molecule has 0 bridgehead atoms. The van der Waals surface area contributed by atoms with Crippen LogP contribution in [0.4, 0.5) is 0 Å². The van der Waals surface area contributed by atoms with Crippen LogP contribution in [0.15, 0.2) is 0 Å². The maximum Gasteiger partial charge on any atom is 0.336 e. The molecule has 2 aliphatic rings. The Morgan fingerprint density at radius 1 is 1.53 bits per heavy atom. The topological polar surface area (TPSA) is 75.7 Å². The third-order valence-corrected chi connectivity index (χ3v) is 3.37. The van der Waals surface area contributed by atoms with Gasteiger partial charge in [0.2, 0.25) is 17.1 Å². The van der Waals surface area contributed by atoms with Crippen molar-refractivity contribution in [3.8, 4) is 0 Å². The average Bonchev–Trinajstić information content (AvgIpc) is 2.62. The monoisotopic (exact) mass is 240 g/mol. The van der Waals surface area contributed by atoms with Crippen molar-refractivity contribution in [2.45, 2.75) is 31.8 Å². The molecule has 6 nitrogen and oxygen atoms in total. The highest BCUT2D eigenvalue weighted by Crippen LogP contribution is 2.45. The van der Waals surface area contributed by atoms with Gasteiger partial charge in [-0.2, -0.15) is 0 Å². The third-order valence-electron chi connectivity index (χ3n) is 3.37. The SMILES string of the molecule is COC(=O)[C@@]12C(=O)C(=O)C1CCN2NC(C)C. The molecule has 2 rings (SSSR count). The molecule has 0 amide bonds. The van der Waals surface area contributed by atoms with Gasteiger partial charge in [0.1, 0.15) is 0 Å². The number of fused-ring (bicyclic) bond motifs is 1. The van der Waals surface area contributed by atoms with Crippen LogP contribution in [-0.2, 0) is 19.1 Å². The first-order valence-electron chi connectivity index (χ1n) is 5.67. The van der Waals surface area contributed by atoms with Gasteiger partial charge in [0, 0.05) is 12.6 Å². The van der Waals surface area contributed by atoms with Gasteiger partial charge in [-0.15, -0.1) is 0 Å². The number of carbonyl (C=O) groups excluding carboxylic acids is 3. The van der Waals surface area contributed by atoms with Gasteiger partial charge in [0.05, 0.1) is 13.0 Å². The van der Waals surface area contributed by atoms with Crippen molar-refractivity contribution in [1.29, 1.82) is 0 Å². The summed E-state index contributed by atoms with van der Waals surface area (Å²) in [6.07, 6.45) is 0.513. The number of rotatable bonds is 3. The molecule has 1 saturated heterocycles. The summed E-state index contributed by atoms with van der Waals surface area (Å²) < 4.78 is 4.70. The molecule has 0 spiro atoms. The molecule has 0 aromatic rings. The van der Waals surface area contributed by atoms with Crippen LogP contribution in [0.1, 0.15) is 20.3 Å². The minimum Gasteiger partial charge on any atom is -0.467 e. The zero-order chi connectivity index (χ0) is 12.8. The lowest BCUT2D eigenvalue weighted by atomic mass is 9.65. The Hall–Kier alpha value is -1.27. The molecule has 94 valence electrons. The van der Waals surface area contributed by atoms with E-state index < -0.39 is 29.0 Å². The van der Waals surface area contributed by atoms with E-state index in [4.69, 9.17) is 4.74 Å². The molecule has 0 radical (unpaired) electrons. The summed E-state index contributed by atoms with van der Waals surface area (Å²) in [7, 11) is 1.23. The van der Waals surface area contributed by atoms with Crippen LogP contribution in [0.2, 0.25) is 0 Å². The zero-order valence-corrected chi connectivity index (χ0v) is 10.1. The Morgan fingerprint density at radius 3 is 2.71 bits per heavy atom. The zero-order valence-electron chi connectivity index (χ0n) is 10.1. The molecule has 1 N–H and O–H groups in total. The summed E-state index contributed by atoms with van der Waals surface area (Å²) in [6, 6.07) is 0.0822. The number of methoxy groups -OCH3 is 1. The maximum atomic E-state index is 11.9. The van der Waals surface area contributed by atoms with Crippen LogP contribution in [0, 0.1) is 5.92 Å². The lowest BCUT2D eigenvalue weighted by Gasteiger charge is -2.44. The summed E-state index contributed by atoms with van der Waals surface area (Å²) in [5.41, 5.74) is 1.63. The predicted octanol–water partition coefficient (Wildman–Crippen LogP) is -0.715. The maximum absolute atomic E-state index is 11.9. The summed E-state index contributed by atoms with van der Waals surface area (Å²) >= 11 is 0. The highest BCUT2D eigenvalue weighted by atomic mass is 16.5. The van der Waals surface area contributed by atoms with Gasteiger partial charge < -0.3 is 4.74 Å². The van der Waals surface area contributed by atoms with Gasteiger partial charge >= 0.3 is 5.97 Å². The Labute approximate surface area is 99.3 Å². The van der Waals surface area contributed by atoms with Crippen molar-refractivity contribution in [2.75, 3.05) is 13.7 Å². The normalized spacial score (nSPS) is 32.6. The molecule has 1 aliphatic heterocycles. The van der Waals surface area contributed by atoms with E-state index in [1.165, 1.54) is 7.11 Å². The summed E-state index contributed by atoms with van der Waals surface area (Å²) in [6.45, 7) is 4.31. The first-order chi connectivity index (χ1) is 7.96. The molecule has 0 aromatic carbocycles. The quantitative estimate of drug-likeness (QED) is 0.399. The van der Waals surface area contributed by atoms with Gasteiger partial charge in [-0.3, -0.25) is 15.0 Å². The summed E-state index contributed by atoms with van der Waals surface area (Å²) in [5, 5.41) is 1.57. The van der Waals surface area contributed by atoms with E-state index in [1.54, 1.807) is 5.01 Å². The molecule has 6 heteroatoms. The minimum atomic E-state index is -1.41. The number of hydrogen-bond acceptors (Lipinski definition) is 6.